The van der Waals surface area contributed by atoms with E-state index in [0.717, 1.165) is 5.56 Å². The molecule has 0 aliphatic heterocycles. The molecule has 0 bridgehead atoms. The molecule has 0 fully saturated rings. The Bertz CT molecular complexity index is 371. The maximum absolute atomic E-state index is 11.6. The Morgan fingerprint density at radius 1 is 1.38 bits per heavy atom. The fraction of sp³-hybridized carbons (Fsp3) is 0.455. The number of aryl methyl sites for hydroxylation is 1. The maximum Gasteiger partial charge on any atom is 0.303 e. The van der Waals surface area contributed by atoms with Gasteiger partial charge in [0.2, 0.25) is 0 Å². The van der Waals surface area contributed by atoms with Crippen LogP contribution in [0.2, 0.25) is 0 Å². The first kappa shape index (κ1) is 12.3. The molecular formula is C11H16N2O3. The predicted octanol–water partition coefficient (Wildman–Crippen LogP) is 1.31. The molecule has 88 valence electrons. The Morgan fingerprint density at radius 2 is 2.12 bits per heavy atom. The number of aliphatic carboxylic acids is 1. The number of H-pyrrole nitrogens is 1. The van der Waals surface area contributed by atoms with Crippen LogP contribution >= 0.6 is 0 Å². The standard InChI is InChI=1S/C11H16N2O3/c1-8-6-12-7-9(8)11(16)13-5-3-2-4-10(14)15/h6-7,12H,2-5H2,1H3,(H,13,16)(H,14,15). The quantitative estimate of drug-likeness (QED) is 0.637. The third kappa shape index (κ3) is 3.76. The van der Waals surface area contributed by atoms with Gasteiger partial charge >= 0.3 is 5.97 Å². The minimum Gasteiger partial charge on any atom is -0.481 e. The van der Waals surface area contributed by atoms with E-state index in [-0.39, 0.29) is 12.3 Å². The molecule has 0 aromatic carbocycles. The van der Waals surface area contributed by atoms with Crippen LogP contribution in [-0.4, -0.2) is 28.5 Å². The van der Waals surface area contributed by atoms with Gasteiger partial charge in [-0.25, -0.2) is 0 Å². The molecule has 5 nitrogen and oxygen atoms in total. The Labute approximate surface area is 93.9 Å². The molecule has 0 saturated heterocycles. The minimum absolute atomic E-state index is 0.117. The monoisotopic (exact) mass is 224 g/mol. The van der Waals surface area contributed by atoms with Gasteiger partial charge in [0.15, 0.2) is 0 Å². The Kier molecular flexibility index (Phi) is 4.57. The fourth-order valence-electron chi connectivity index (χ4n) is 1.38. The lowest BCUT2D eigenvalue weighted by atomic mass is 10.2. The number of aromatic nitrogens is 1. The first-order valence-electron chi connectivity index (χ1n) is 5.24. The molecule has 0 atom stereocenters. The molecule has 0 radical (unpaired) electrons. The second kappa shape index (κ2) is 5.95. The van der Waals surface area contributed by atoms with E-state index in [1.165, 1.54) is 0 Å². The molecular weight excluding hydrogens is 208 g/mol. The van der Waals surface area contributed by atoms with Crippen LogP contribution in [0, 0.1) is 6.92 Å². The zero-order valence-electron chi connectivity index (χ0n) is 9.25. The molecule has 1 amide bonds. The zero-order chi connectivity index (χ0) is 12.0. The second-order valence-corrected chi connectivity index (χ2v) is 3.66. The van der Waals surface area contributed by atoms with Crippen LogP contribution in [-0.2, 0) is 4.79 Å². The number of unbranched alkanes of at least 4 members (excludes halogenated alkanes) is 1. The number of carboxylic acid groups (broad SMARTS) is 1. The van der Waals surface area contributed by atoms with Gasteiger partial charge in [-0.2, -0.15) is 0 Å². The van der Waals surface area contributed by atoms with E-state index >= 15 is 0 Å². The number of carbonyl (C=O) groups excluding carboxylic acids is 1. The molecule has 0 aliphatic carbocycles. The normalized spacial score (nSPS) is 10.1. The van der Waals surface area contributed by atoms with Crippen molar-refractivity contribution in [3.05, 3.63) is 23.5 Å². The van der Waals surface area contributed by atoms with E-state index in [1.807, 2.05) is 6.92 Å². The third-order valence-electron chi connectivity index (χ3n) is 2.30. The summed E-state index contributed by atoms with van der Waals surface area (Å²) in [6.07, 6.45) is 4.84. The fourth-order valence-corrected chi connectivity index (χ4v) is 1.38. The van der Waals surface area contributed by atoms with E-state index in [0.29, 0.717) is 24.9 Å². The van der Waals surface area contributed by atoms with E-state index < -0.39 is 5.97 Å². The largest absolute Gasteiger partial charge is 0.481 e. The first-order valence-corrected chi connectivity index (χ1v) is 5.24. The third-order valence-corrected chi connectivity index (χ3v) is 2.30. The van der Waals surface area contributed by atoms with E-state index in [4.69, 9.17) is 5.11 Å². The van der Waals surface area contributed by atoms with Crippen LogP contribution in [0.1, 0.15) is 35.2 Å². The summed E-state index contributed by atoms with van der Waals surface area (Å²) in [5, 5.41) is 11.2. The van der Waals surface area contributed by atoms with E-state index in [1.54, 1.807) is 12.4 Å². The number of amides is 1. The van der Waals surface area contributed by atoms with Gasteiger partial charge in [-0.3, -0.25) is 9.59 Å². The topological polar surface area (TPSA) is 82.2 Å². The van der Waals surface area contributed by atoms with Crippen LogP contribution in [0.5, 0.6) is 0 Å². The van der Waals surface area contributed by atoms with Gasteiger partial charge in [0.1, 0.15) is 0 Å². The van der Waals surface area contributed by atoms with Crippen molar-refractivity contribution in [1.29, 1.82) is 0 Å². The van der Waals surface area contributed by atoms with Crippen LogP contribution < -0.4 is 5.32 Å². The lowest BCUT2D eigenvalue weighted by Gasteiger charge is -2.03. The summed E-state index contributed by atoms with van der Waals surface area (Å²) in [5.41, 5.74) is 1.54. The number of rotatable bonds is 6. The highest BCUT2D eigenvalue weighted by Crippen LogP contribution is 2.05. The SMILES string of the molecule is Cc1c[nH]cc1C(=O)NCCCCC(=O)O. The summed E-state index contributed by atoms with van der Waals surface area (Å²) in [6.45, 7) is 2.37. The van der Waals surface area contributed by atoms with Gasteiger partial charge < -0.3 is 15.4 Å². The predicted molar refractivity (Wildman–Crippen MR) is 59.3 cm³/mol. The van der Waals surface area contributed by atoms with Gasteiger partial charge in [-0.15, -0.1) is 0 Å². The van der Waals surface area contributed by atoms with Crippen molar-refractivity contribution in [3.8, 4) is 0 Å². The lowest BCUT2D eigenvalue weighted by Crippen LogP contribution is -2.24. The van der Waals surface area contributed by atoms with Gasteiger partial charge in [0.25, 0.3) is 5.91 Å². The van der Waals surface area contributed by atoms with Gasteiger partial charge in [0, 0.05) is 25.4 Å². The molecule has 0 aliphatic rings. The lowest BCUT2D eigenvalue weighted by molar-refractivity contribution is -0.137. The summed E-state index contributed by atoms with van der Waals surface area (Å²) in [5.74, 6) is -0.915. The number of nitrogens with one attached hydrogen (secondary N) is 2. The molecule has 3 N–H and O–H groups in total. The van der Waals surface area contributed by atoms with Crippen molar-refractivity contribution < 1.29 is 14.7 Å². The van der Waals surface area contributed by atoms with Crippen LogP contribution in [0.3, 0.4) is 0 Å². The summed E-state index contributed by atoms with van der Waals surface area (Å²) in [7, 11) is 0. The Balaban J connectivity index is 2.21. The molecule has 1 aromatic heterocycles. The van der Waals surface area contributed by atoms with Crippen molar-refractivity contribution in [3.63, 3.8) is 0 Å². The molecule has 1 heterocycles. The summed E-state index contributed by atoms with van der Waals surface area (Å²) in [6, 6.07) is 0. The van der Waals surface area contributed by atoms with Crippen molar-refractivity contribution in [1.82, 2.24) is 10.3 Å². The number of carbonyl (C=O) groups is 2. The molecule has 16 heavy (non-hydrogen) atoms. The van der Waals surface area contributed by atoms with Crippen LogP contribution in [0.4, 0.5) is 0 Å². The highest BCUT2D eigenvalue weighted by molar-refractivity contribution is 5.95. The number of hydrogen-bond donors (Lipinski definition) is 3. The molecule has 5 heteroatoms. The van der Waals surface area contributed by atoms with Crippen LogP contribution in [0.25, 0.3) is 0 Å². The molecule has 0 saturated carbocycles. The molecule has 1 rings (SSSR count). The average Bonchev–Trinajstić information content (AvgIpc) is 2.63. The highest BCUT2D eigenvalue weighted by Gasteiger charge is 2.08. The van der Waals surface area contributed by atoms with Gasteiger partial charge in [-0.1, -0.05) is 0 Å². The van der Waals surface area contributed by atoms with Crippen molar-refractivity contribution in [2.45, 2.75) is 26.2 Å². The number of carboxylic acids is 1. The van der Waals surface area contributed by atoms with Crippen LogP contribution in [0.15, 0.2) is 12.4 Å². The number of hydrogen-bond acceptors (Lipinski definition) is 2. The van der Waals surface area contributed by atoms with Gasteiger partial charge in [-0.05, 0) is 25.3 Å². The summed E-state index contributed by atoms with van der Waals surface area (Å²) >= 11 is 0. The van der Waals surface area contributed by atoms with Gasteiger partial charge in [0.05, 0.1) is 5.56 Å². The first-order chi connectivity index (χ1) is 7.61. The summed E-state index contributed by atoms with van der Waals surface area (Å²) in [4.78, 5) is 24.7. The zero-order valence-corrected chi connectivity index (χ0v) is 9.25. The van der Waals surface area contributed by atoms with Crippen molar-refractivity contribution in [2.75, 3.05) is 6.54 Å². The Hall–Kier alpha value is -1.78. The smallest absolute Gasteiger partial charge is 0.303 e. The van der Waals surface area contributed by atoms with E-state index in [2.05, 4.69) is 10.3 Å². The second-order valence-electron chi connectivity index (χ2n) is 3.66. The highest BCUT2D eigenvalue weighted by atomic mass is 16.4. The van der Waals surface area contributed by atoms with Crippen molar-refractivity contribution in [2.24, 2.45) is 0 Å². The Morgan fingerprint density at radius 3 is 2.69 bits per heavy atom. The average molecular weight is 224 g/mol. The van der Waals surface area contributed by atoms with Crippen molar-refractivity contribution >= 4 is 11.9 Å². The molecule has 1 aromatic rings. The maximum atomic E-state index is 11.6. The van der Waals surface area contributed by atoms with E-state index in [9.17, 15) is 9.59 Å². The summed E-state index contributed by atoms with van der Waals surface area (Å²) < 4.78 is 0. The number of aromatic amines is 1. The molecule has 0 spiro atoms. The minimum atomic E-state index is -0.798. The molecule has 0 unspecified atom stereocenters.